The highest BCUT2D eigenvalue weighted by Crippen LogP contribution is 2.19. The van der Waals surface area contributed by atoms with Gasteiger partial charge < -0.3 is 10.6 Å². The number of nitrogens with one attached hydrogen (secondary N) is 2. The summed E-state index contributed by atoms with van der Waals surface area (Å²) in [5.74, 6) is -0.543. The molecule has 2 aromatic carbocycles. The standard InChI is InChI=1S/C21H22N4O3/c1-14-6-5-7-15(2)21(14)24-20(28)13-22-19(27)10-11-25-17-9-4-3-8-16(17)18(26)12-23-25/h3-9,12H,10-11,13H2,1-2H3,(H,22,27)(H,24,28). The van der Waals surface area contributed by atoms with Gasteiger partial charge in [-0.3, -0.25) is 19.1 Å². The molecular formula is C21H22N4O3. The van der Waals surface area contributed by atoms with Crippen LogP contribution < -0.4 is 16.1 Å². The summed E-state index contributed by atoms with van der Waals surface area (Å²) in [6, 6.07) is 12.9. The number of anilines is 1. The Bertz CT molecular complexity index is 1070. The lowest BCUT2D eigenvalue weighted by atomic mass is 10.1. The van der Waals surface area contributed by atoms with Crippen LogP contribution in [-0.2, 0) is 16.1 Å². The summed E-state index contributed by atoms with van der Waals surface area (Å²) in [4.78, 5) is 36.1. The Morgan fingerprint density at radius 1 is 1.00 bits per heavy atom. The van der Waals surface area contributed by atoms with Crippen molar-refractivity contribution in [3.63, 3.8) is 0 Å². The number of aryl methyl sites for hydroxylation is 3. The van der Waals surface area contributed by atoms with Crippen LogP contribution in [-0.4, -0.2) is 28.1 Å². The van der Waals surface area contributed by atoms with Gasteiger partial charge in [0.1, 0.15) is 0 Å². The van der Waals surface area contributed by atoms with Crippen molar-refractivity contribution in [1.82, 2.24) is 15.1 Å². The average molecular weight is 378 g/mol. The molecule has 0 unspecified atom stereocenters. The molecule has 0 aliphatic rings. The van der Waals surface area contributed by atoms with Crippen molar-refractivity contribution in [2.24, 2.45) is 0 Å². The van der Waals surface area contributed by atoms with Crippen LogP contribution in [0.15, 0.2) is 53.5 Å². The second kappa shape index (κ2) is 8.47. The third kappa shape index (κ3) is 4.43. The lowest BCUT2D eigenvalue weighted by Crippen LogP contribution is -2.33. The molecule has 0 aliphatic heterocycles. The zero-order chi connectivity index (χ0) is 20.1. The predicted molar refractivity (Wildman–Crippen MR) is 108 cm³/mol. The van der Waals surface area contributed by atoms with Crippen molar-refractivity contribution in [2.75, 3.05) is 11.9 Å². The molecule has 2 amide bonds. The fourth-order valence-corrected chi connectivity index (χ4v) is 3.01. The SMILES string of the molecule is Cc1cccc(C)c1NC(=O)CNC(=O)CCn1ncc(=O)c2ccccc21. The van der Waals surface area contributed by atoms with Gasteiger partial charge in [0.2, 0.25) is 17.2 Å². The molecule has 28 heavy (non-hydrogen) atoms. The van der Waals surface area contributed by atoms with Gasteiger partial charge in [0.15, 0.2) is 0 Å². The number of benzene rings is 2. The van der Waals surface area contributed by atoms with Gasteiger partial charge in [-0.1, -0.05) is 30.3 Å². The summed E-state index contributed by atoms with van der Waals surface area (Å²) in [5, 5.41) is 10.1. The van der Waals surface area contributed by atoms with Gasteiger partial charge in [0.05, 0.1) is 24.8 Å². The molecule has 0 radical (unpaired) electrons. The minimum Gasteiger partial charge on any atom is -0.347 e. The van der Waals surface area contributed by atoms with Crippen LogP contribution in [0.4, 0.5) is 5.69 Å². The van der Waals surface area contributed by atoms with E-state index in [-0.39, 0.29) is 30.2 Å². The van der Waals surface area contributed by atoms with Gasteiger partial charge >= 0.3 is 0 Å². The molecule has 0 atom stereocenters. The third-order valence-electron chi connectivity index (χ3n) is 4.50. The number of rotatable bonds is 6. The van der Waals surface area contributed by atoms with Crippen LogP contribution in [0, 0.1) is 13.8 Å². The molecule has 0 aliphatic carbocycles. The minimum absolute atomic E-state index is 0.106. The van der Waals surface area contributed by atoms with Crippen molar-refractivity contribution in [3.8, 4) is 0 Å². The quantitative estimate of drug-likeness (QED) is 0.687. The number of carbonyl (C=O) groups is 2. The summed E-state index contributed by atoms with van der Waals surface area (Å²) < 4.78 is 1.62. The fourth-order valence-electron chi connectivity index (χ4n) is 3.01. The van der Waals surface area contributed by atoms with E-state index in [9.17, 15) is 14.4 Å². The van der Waals surface area contributed by atoms with Gasteiger partial charge in [0.25, 0.3) is 0 Å². The molecule has 7 heteroatoms. The maximum atomic E-state index is 12.1. The molecule has 144 valence electrons. The van der Waals surface area contributed by atoms with Gasteiger partial charge in [-0.15, -0.1) is 0 Å². The van der Waals surface area contributed by atoms with E-state index in [1.807, 2.05) is 38.1 Å². The van der Waals surface area contributed by atoms with Gasteiger partial charge in [0, 0.05) is 17.5 Å². The molecule has 1 heterocycles. The number of carbonyl (C=O) groups excluding carboxylic acids is 2. The first-order valence-electron chi connectivity index (χ1n) is 9.03. The lowest BCUT2D eigenvalue weighted by molar-refractivity contribution is -0.124. The number of hydrogen-bond acceptors (Lipinski definition) is 4. The summed E-state index contributed by atoms with van der Waals surface area (Å²) >= 11 is 0. The minimum atomic E-state index is -0.280. The number of para-hydroxylation sites is 2. The lowest BCUT2D eigenvalue weighted by Gasteiger charge is -2.12. The number of amides is 2. The van der Waals surface area contributed by atoms with E-state index >= 15 is 0 Å². The van der Waals surface area contributed by atoms with E-state index in [2.05, 4.69) is 15.7 Å². The summed E-state index contributed by atoms with van der Waals surface area (Å²) in [5.41, 5.74) is 3.23. The Labute approximate surface area is 162 Å². The molecular weight excluding hydrogens is 356 g/mol. The number of hydrogen-bond donors (Lipinski definition) is 2. The first-order valence-corrected chi connectivity index (χ1v) is 9.03. The maximum Gasteiger partial charge on any atom is 0.243 e. The van der Waals surface area contributed by atoms with Crippen LogP contribution in [0.1, 0.15) is 17.5 Å². The zero-order valence-corrected chi connectivity index (χ0v) is 15.9. The Kier molecular flexibility index (Phi) is 5.84. The molecule has 2 N–H and O–H groups in total. The second-order valence-corrected chi connectivity index (χ2v) is 6.59. The van der Waals surface area contributed by atoms with Crippen molar-refractivity contribution >= 4 is 28.4 Å². The Morgan fingerprint density at radius 3 is 2.46 bits per heavy atom. The highest BCUT2D eigenvalue weighted by atomic mass is 16.2. The van der Waals surface area contributed by atoms with Crippen LogP contribution in [0.25, 0.3) is 10.9 Å². The monoisotopic (exact) mass is 378 g/mol. The van der Waals surface area contributed by atoms with Gasteiger partial charge in [-0.25, -0.2) is 0 Å². The molecule has 3 aromatic rings. The maximum absolute atomic E-state index is 12.1. The van der Waals surface area contributed by atoms with E-state index in [1.165, 1.54) is 6.20 Å². The predicted octanol–water partition coefficient (Wildman–Crippen LogP) is 2.16. The van der Waals surface area contributed by atoms with Crippen LogP contribution in [0.2, 0.25) is 0 Å². The third-order valence-corrected chi connectivity index (χ3v) is 4.50. The zero-order valence-electron chi connectivity index (χ0n) is 15.9. The van der Waals surface area contributed by atoms with E-state index in [0.717, 1.165) is 16.8 Å². The van der Waals surface area contributed by atoms with E-state index < -0.39 is 0 Å². The van der Waals surface area contributed by atoms with E-state index in [4.69, 9.17) is 0 Å². The van der Waals surface area contributed by atoms with Crippen LogP contribution in [0.5, 0.6) is 0 Å². The van der Waals surface area contributed by atoms with Crippen LogP contribution >= 0.6 is 0 Å². The van der Waals surface area contributed by atoms with Crippen molar-refractivity contribution < 1.29 is 9.59 Å². The topological polar surface area (TPSA) is 93.1 Å². The van der Waals surface area contributed by atoms with Gasteiger partial charge in [-0.2, -0.15) is 5.10 Å². The largest absolute Gasteiger partial charge is 0.347 e. The van der Waals surface area contributed by atoms with E-state index in [1.54, 1.807) is 22.9 Å². The number of nitrogens with zero attached hydrogens (tertiary/aromatic N) is 2. The number of aromatic nitrogens is 2. The second-order valence-electron chi connectivity index (χ2n) is 6.59. The average Bonchev–Trinajstić information content (AvgIpc) is 2.69. The number of fused-ring (bicyclic) bond motifs is 1. The first-order chi connectivity index (χ1) is 13.5. The first kappa shape index (κ1) is 19.3. The molecule has 7 nitrogen and oxygen atoms in total. The Balaban J connectivity index is 1.55. The molecule has 0 spiro atoms. The smallest absolute Gasteiger partial charge is 0.243 e. The summed E-state index contributed by atoms with van der Waals surface area (Å²) in [7, 11) is 0. The summed E-state index contributed by atoms with van der Waals surface area (Å²) in [6.45, 7) is 4.04. The van der Waals surface area contributed by atoms with Crippen molar-refractivity contribution in [3.05, 3.63) is 70.0 Å². The molecule has 1 aromatic heterocycles. The molecule has 0 fully saturated rings. The molecule has 3 rings (SSSR count). The van der Waals surface area contributed by atoms with E-state index in [0.29, 0.717) is 17.4 Å². The van der Waals surface area contributed by atoms with Gasteiger partial charge in [-0.05, 0) is 37.1 Å². The molecule has 0 bridgehead atoms. The molecule has 0 saturated heterocycles. The van der Waals surface area contributed by atoms with Crippen molar-refractivity contribution in [1.29, 1.82) is 0 Å². The van der Waals surface area contributed by atoms with Crippen LogP contribution in [0.3, 0.4) is 0 Å². The highest BCUT2D eigenvalue weighted by molar-refractivity contribution is 5.95. The highest BCUT2D eigenvalue weighted by Gasteiger charge is 2.10. The van der Waals surface area contributed by atoms with Crippen molar-refractivity contribution in [2.45, 2.75) is 26.8 Å². The normalized spacial score (nSPS) is 10.6. The Morgan fingerprint density at radius 2 is 1.71 bits per heavy atom. The Hall–Kier alpha value is -3.48. The summed E-state index contributed by atoms with van der Waals surface area (Å²) in [6.07, 6.45) is 1.40. The molecule has 0 saturated carbocycles. The fraction of sp³-hybridized carbons (Fsp3) is 0.238.